The van der Waals surface area contributed by atoms with Crippen LogP contribution in [0.2, 0.25) is 0 Å². The molecule has 0 heterocycles. The molecule has 3 aromatic rings. The first kappa shape index (κ1) is 34.2. The van der Waals surface area contributed by atoms with E-state index in [4.69, 9.17) is 14.2 Å². The fourth-order valence-corrected chi connectivity index (χ4v) is 3.97. The molecule has 3 rings (SSSR count). The van der Waals surface area contributed by atoms with Crippen LogP contribution in [0.1, 0.15) is 97.6 Å². The van der Waals surface area contributed by atoms with Gasteiger partial charge in [0.25, 0.3) is 0 Å². The molecule has 0 unspecified atom stereocenters. The van der Waals surface area contributed by atoms with E-state index < -0.39 is 46.5 Å². The second kappa shape index (κ2) is 17.1. The number of ether oxygens (including phenoxy) is 3. The van der Waals surface area contributed by atoms with Gasteiger partial charge in [-0.25, -0.2) is 18.4 Å². The molecule has 0 N–H and O–H groups in total. The molecule has 44 heavy (non-hydrogen) atoms. The Morgan fingerprint density at radius 3 is 1.91 bits per heavy atom. The number of rotatable bonds is 14. The first-order chi connectivity index (χ1) is 21.2. The summed E-state index contributed by atoms with van der Waals surface area (Å²) in [4.78, 5) is 24.7. The zero-order valence-corrected chi connectivity index (χ0v) is 25.1. The number of carbonyl (C=O) groups is 2. The summed E-state index contributed by atoms with van der Waals surface area (Å²) in [6.45, 7) is 6.30. The van der Waals surface area contributed by atoms with Crippen LogP contribution in [0.5, 0.6) is 11.5 Å². The summed E-state index contributed by atoms with van der Waals surface area (Å²) < 4.78 is 73.8. The molecule has 0 aliphatic heterocycles. The number of carbonyl (C=O) groups excluding carboxylic acids is 2. The average Bonchev–Trinajstić information content (AvgIpc) is 3.04. The second-order valence-electron chi connectivity index (χ2n) is 10.4. The third kappa shape index (κ3) is 9.60. The lowest BCUT2D eigenvalue weighted by Gasteiger charge is -2.11. The highest BCUT2D eigenvalue weighted by atomic mass is 19.2. The molecule has 5 nitrogen and oxygen atoms in total. The van der Waals surface area contributed by atoms with E-state index in [1.165, 1.54) is 48.5 Å². The van der Waals surface area contributed by atoms with Crippen LogP contribution in [-0.4, -0.2) is 25.2 Å². The van der Waals surface area contributed by atoms with Crippen molar-refractivity contribution < 1.29 is 41.4 Å². The topological polar surface area (TPSA) is 61.8 Å². The van der Waals surface area contributed by atoms with Gasteiger partial charge in [0.1, 0.15) is 11.3 Å². The van der Waals surface area contributed by atoms with E-state index in [0.717, 1.165) is 38.5 Å². The van der Waals surface area contributed by atoms with Crippen molar-refractivity contribution in [3.05, 3.63) is 94.1 Å². The normalized spacial score (nSPS) is 11.3. The molecule has 0 amide bonds. The van der Waals surface area contributed by atoms with E-state index in [-0.39, 0.29) is 29.4 Å². The fourth-order valence-electron chi connectivity index (χ4n) is 3.97. The summed E-state index contributed by atoms with van der Waals surface area (Å²) in [5.74, 6) is -3.83. The Labute approximate surface area is 255 Å². The molecule has 0 aliphatic carbocycles. The van der Waals surface area contributed by atoms with Gasteiger partial charge in [-0.05, 0) is 60.9 Å². The maximum Gasteiger partial charge on any atom is 0.343 e. The van der Waals surface area contributed by atoms with E-state index in [1.807, 2.05) is 13.8 Å². The number of benzene rings is 3. The van der Waals surface area contributed by atoms with E-state index in [1.54, 1.807) is 0 Å². The molecule has 0 aliphatic rings. The highest BCUT2D eigenvalue weighted by Gasteiger charge is 2.26. The monoisotopic (exact) mass is 612 g/mol. The SMILES string of the molecule is CCCCCCCCOc1c(F)c(F)c(C#Cc2ccc(C(=O)Oc3ccc(C(=O)OC[C@H](C)CC)cc3)cc2)c(F)c1F. The summed E-state index contributed by atoms with van der Waals surface area (Å²) >= 11 is 0. The summed E-state index contributed by atoms with van der Waals surface area (Å²) in [7, 11) is 0. The predicted molar refractivity (Wildman–Crippen MR) is 159 cm³/mol. The second-order valence-corrected chi connectivity index (χ2v) is 10.4. The average molecular weight is 613 g/mol. The van der Waals surface area contributed by atoms with Gasteiger partial charge in [0, 0.05) is 5.56 Å². The van der Waals surface area contributed by atoms with Crippen molar-refractivity contribution in [1.82, 2.24) is 0 Å². The van der Waals surface area contributed by atoms with Crippen molar-refractivity contribution in [3.8, 4) is 23.3 Å². The molecule has 3 aromatic carbocycles. The Morgan fingerprint density at radius 2 is 1.30 bits per heavy atom. The van der Waals surface area contributed by atoms with Crippen molar-refractivity contribution >= 4 is 11.9 Å². The Bertz CT molecular complexity index is 1450. The Hall–Kier alpha value is -4.32. The third-order valence-corrected chi connectivity index (χ3v) is 6.92. The van der Waals surface area contributed by atoms with Gasteiger partial charge in [-0.1, -0.05) is 71.1 Å². The lowest BCUT2D eigenvalue weighted by molar-refractivity contribution is 0.0447. The first-order valence-electron chi connectivity index (χ1n) is 14.8. The van der Waals surface area contributed by atoms with Gasteiger partial charge in [-0.2, -0.15) is 8.78 Å². The largest absolute Gasteiger partial charge is 0.487 e. The van der Waals surface area contributed by atoms with Gasteiger partial charge in [-0.3, -0.25) is 0 Å². The smallest absolute Gasteiger partial charge is 0.343 e. The Morgan fingerprint density at radius 1 is 0.727 bits per heavy atom. The summed E-state index contributed by atoms with van der Waals surface area (Å²) in [6, 6.07) is 11.4. The van der Waals surface area contributed by atoms with Gasteiger partial charge in [0.2, 0.25) is 11.6 Å². The minimum Gasteiger partial charge on any atom is -0.487 e. The van der Waals surface area contributed by atoms with E-state index in [2.05, 4.69) is 18.8 Å². The Balaban J connectivity index is 1.61. The number of unbranched alkanes of at least 4 members (excludes halogenated alkanes) is 5. The van der Waals surface area contributed by atoms with Gasteiger partial charge in [0.05, 0.1) is 24.3 Å². The van der Waals surface area contributed by atoms with Gasteiger partial charge < -0.3 is 14.2 Å². The van der Waals surface area contributed by atoms with E-state index in [9.17, 15) is 27.2 Å². The van der Waals surface area contributed by atoms with E-state index >= 15 is 0 Å². The molecule has 0 saturated heterocycles. The number of esters is 2. The van der Waals surface area contributed by atoms with Crippen molar-refractivity contribution in [1.29, 1.82) is 0 Å². The minimum atomic E-state index is -1.65. The lowest BCUT2D eigenvalue weighted by Crippen LogP contribution is -2.12. The number of halogens is 4. The lowest BCUT2D eigenvalue weighted by atomic mass is 10.1. The van der Waals surface area contributed by atoms with Crippen molar-refractivity contribution in [3.63, 3.8) is 0 Å². The maximum absolute atomic E-state index is 14.6. The fraction of sp³-hybridized carbons (Fsp3) is 0.371. The molecule has 234 valence electrons. The van der Waals surface area contributed by atoms with Gasteiger partial charge in [-0.15, -0.1) is 0 Å². The maximum atomic E-state index is 14.6. The quantitative estimate of drug-likeness (QED) is 0.0455. The van der Waals surface area contributed by atoms with Crippen LogP contribution in [0.4, 0.5) is 17.6 Å². The van der Waals surface area contributed by atoms with Crippen LogP contribution in [0.15, 0.2) is 48.5 Å². The number of hydrogen-bond donors (Lipinski definition) is 0. The van der Waals surface area contributed by atoms with Crippen LogP contribution in [0.3, 0.4) is 0 Å². The van der Waals surface area contributed by atoms with E-state index in [0.29, 0.717) is 18.6 Å². The van der Waals surface area contributed by atoms with Crippen LogP contribution in [0, 0.1) is 41.0 Å². The molecule has 0 spiro atoms. The molecular formula is C35H36F4O5. The van der Waals surface area contributed by atoms with Crippen molar-refractivity contribution in [2.24, 2.45) is 5.92 Å². The van der Waals surface area contributed by atoms with Crippen LogP contribution in [0.25, 0.3) is 0 Å². The molecule has 0 fully saturated rings. The van der Waals surface area contributed by atoms with Crippen LogP contribution in [-0.2, 0) is 4.74 Å². The molecular weight excluding hydrogens is 576 g/mol. The standard InChI is InChI=1S/C35H36F4O5/c1-4-6-7-8-9-10-21-42-33-31(38)29(36)28(30(37)32(33)39)20-13-24-11-14-26(15-12-24)35(41)44-27-18-16-25(17-19-27)34(40)43-22-23(3)5-2/h11-12,14-19,23H,4-10,21-22H2,1-3H3/t23-/m1/s1. The number of hydrogen-bond acceptors (Lipinski definition) is 5. The molecule has 1 atom stereocenters. The minimum absolute atomic E-state index is 0.0723. The van der Waals surface area contributed by atoms with Crippen molar-refractivity contribution in [2.75, 3.05) is 13.2 Å². The highest BCUT2D eigenvalue weighted by Crippen LogP contribution is 2.30. The molecule has 0 saturated carbocycles. The van der Waals surface area contributed by atoms with Crippen LogP contribution < -0.4 is 9.47 Å². The molecule has 0 aromatic heterocycles. The van der Waals surface area contributed by atoms with Crippen LogP contribution >= 0.6 is 0 Å². The zero-order chi connectivity index (χ0) is 32.1. The zero-order valence-electron chi connectivity index (χ0n) is 25.1. The summed E-state index contributed by atoms with van der Waals surface area (Å²) in [5, 5.41) is 0. The molecule has 0 radical (unpaired) electrons. The van der Waals surface area contributed by atoms with Gasteiger partial charge in [0.15, 0.2) is 17.4 Å². The molecule has 0 bridgehead atoms. The predicted octanol–water partition coefficient (Wildman–Crippen LogP) is 8.80. The Kier molecular flexibility index (Phi) is 13.3. The first-order valence-corrected chi connectivity index (χ1v) is 14.8. The summed E-state index contributed by atoms with van der Waals surface area (Å²) in [6.07, 6.45) is 6.31. The highest BCUT2D eigenvalue weighted by molar-refractivity contribution is 5.92. The van der Waals surface area contributed by atoms with Gasteiger partial charge >= 0.3 is 11.9 Å². The molecule has 9 heteroatoms. The third-order valence-electron chi connectivity index (χ3n) is 6.92. The van der Waals surface area contributed by atoms with Crippen molar-refractivity contribution in [2.45, 2.75) is 65.7 Å². The summed E-state index contributed by atoms with van der Waals surface area (Å²) in [5.41, 5.74) is -0.375.